The fourth-order valence-electron chi connectivity index (χ4n) is 2.40. The molecule has 0 aliphatic rings. The Labute approximate surface area is 166 Å². The van der Waals surface area contributed by atoms with Crippen LogP contribution in [0.4, 0.5) is 0 Å². The molecule has 0 aromatic rings. The Kier molecular flexibility index (Phi) is 14.3. The first kappa shape index (κ1) is 24.1. The molecule has 0 aromatic carbocycles. The summed E-state index contributed by atoms with van der Waals surface area (Å²) in [5.41, 5.74) is 2.38. The van der Waals surface area contributed by atoms with Gasteiger partial charge in [-0.25, -0.2) is 0 Å². The van der Waals surface area contributed by atoms with Gasteiger partial charge >= 0.3 is 0 Å². The predicted octanol–water partition coefficient (Wildman–Crippen LogP) is 5.31. The van der Waals surface area contributed by atoms with Crippen LogP contribution in [0.25, 0.3) is 0 Å². The van der Waals surface area contributed by atoms with Crippen molar-refractivity contribution in [2.24, 2.45) is 5.41 Å². The third kappa shape index (κ3) is 10.8. The number of ether oxygens (including phenoxy) is 1. The molecule has 6 heteroatoms. The second-order valence-electron chi connectivity index (χ2n) is 6.30. The van der Waals surface area contributed by atoms with Crippen LogP contribution < -0.4 is 0 Å². The van der Waals surface area contributed by atoms with Gasteiger partial charge in [-0.3, -0.25) is 5.41 Å². The van der Waals surface area contributed by atoms with Crippen LogP contribution in [0.15, 0.2) is 24.2 Å². The van der Waals surface area contributed by atoms with E-state index in [4.69, 9.17) is 10.1 Å². The molecule has 0 aliphatic heterocycles. The van der Waals surface area contributed by atoms with Crippen LogP contribution in [-0.2, 0) is 4.74 Å². The third-order valence-corrected chi connectivity index (χ3v) is 5.04. The zero-order chi connectivity index (χ0) is 18.4. The lowest BCUT2D eigenvalue weighted by Gasteiger charge is -2.33. The largest absolute Gasteiger partial charge is 0.481 e. The second kappa shape index (κ2) is 14.3. The summed E-state index contributed by atoms with van der Waals surface area (Å²) in [7, 11) is 2.21. The second-order valence-corrected chi connectivity index (χ2v) is 7.64. The predicted molar refractivity (Wildman–Crippen MR) is 120 cm³/mol. The minimum absolute atomic E-state index is 0.0158. The van der Waals surface area contributed by atoms with E-state index in [1.165, 1.54) is 5.57 Å². The standard InChI is InChI=1S/C18H33BNOS3/c1-4-18(9-5-15(2)6-10-22,13-19-16(3)7-11-23)14-21-17(20)8-12-24/h20,22-24H,2-14H2,1H3. The van der Waals surface area contributed by atoms with Gasteiger partial charge in [0.05, 0.1) is 6.61 Å². The number of rotatable bonds is 15. The summed E-state index contributed by atoms with van der Waals surface area (Å²) < 4.78 is 5.75. The highest BCUT2D eigenvalue weighted by Gasteiger charge is 2.29. The first-order valence-electron chi connectivity index (χ1n) is 8.63. The SMILES string of the molecule is C=C([B]CC(CC)(CCC(=C)CCS)COC(=N)CCS)CCS. The lowest BCUT2D eigenvalue weighted by molar-refractivity contribution is 0.134. The smallest absolute Gasteiger partial charge is 0.181 e. The molecule has 1 N–H and O–H groups in total. The number of hydrogen-bond donors (Lipinski definition) is 4. The molecule has 0 saturated carbocycles. The van der Waals surface area contributed by atoms with Crippen molar-refractivity contribution >= 4 is 51.1 Å². The first-order chi connectivity index (χ1) is 11.4. The van der Waals surface area contributed by atoms with Crippen molar-refractivity contribution in [2.45, 2.75) is 51.8 Å². The van der Waals surface area contributed by atoms with Crippen molar-refractivity contribution in [2.75, 3.05) is 23.9 Å². The van der Waals surface area contributed by atoms with Gasteiger partial charge in [-0.15, -0.1) is 12.1 Å². The summed E-state index contributed by atoms with van der Waals surface area (Å²) in [6.07, 6.45) is 6.34. The lowest BCUT2D eigenvalue weighted by atomic mass is 9.56. The van der Waals surface area contributed by atoms with Gasteiger partial charge in [-0.05, 0) is 54.8 Å². The summed E-state index contributed by atoms with van der Waals surface area (Å²) in [5.74, 6) is 2.62. The molecule has 0 rings (SSSR count). The Morgan fingerprint density at radius 2 is 1.67 bits per heavy atom. The van der Waals surface area contributed by atoms with Gasteiger partial charge in [0.1, 0.15) is 7.28 Å². The molecular formula is C18H33BNOS3. The van der Waals surface area contributed by atoms with Gasteiger partial charge in [0.15, 0.2) is 5.90 Å². The van der Waals surface area contributed by atoms with Crippen LogP contribution in [-0.4, -0.2) is 37.0 Å². The minimum Gasteiger partial charge on any atom is -0.481 e. The number of nitrogens with one attached hydrogen (secondary N) is 1. The molecule has 0 saturated heterocycles. The van der Waals surface area contributed by atoms with E-state index in [1.54, 1.807) is 0 Å². The van der Waals surface area contributed by atoms with Gasteiger partial charge in [-0.2, -0.15) is 37.9 Å². The van der Waals surface area contributed by atoms with E-state index in [1.807, 2.05) is 0 Å². The molecule has 0 aliphatic carbocycles. The fourth-order valence-corrected chi connectivity index (χ4v) is 3.21. The van der Waals surface area contributed by atoms with Crippen molar-refractivity contribution in [1.29, 1.82) is 5.41 Å². The molecule has 0 bridgehead atoms. The van der Waals surface area contributed by atoms with Crippen LogP contribution in [0.5, 0.6) is 0 Å². The molecule has 0 fully saturated rings. The lowest BCUT2D eigenvalue weighted by Crippen LogP contribution is -2.30. The summed E-state index contributed by atoms with van der Waals surface area (Å²) in [5, 5.41) is 7.87. The molecule has 0 amide bonds. The Bertz CT molecular complexity index is 347. The summed E-state index contributed by atoms with van der Waals surface area (Å²) in [6.45, 7) is 11.0. The van der Waals surface area contributed by atoms with Crippen LogP contribution >= 0.6 is 37.9 Å². The van der Waals surface area contributed by atoms with Crippen molar-refractivity contribution in [1.82, 2.24) is 0 Å². The van der Waals surface area contributed by atoms with Crippen LogP contribution in [0.3, 0.4) is 0 Å². The number of allylic oxidation sites excluding steroid dienone is 2. The van der Waals surface area contributed by atoms with Gasteiger partial charge < -0.3 is 4.74 Å². The average molecular weight is 386 g/mol. The molecule has 0 heterocycles. The van der Waals surface area contributed by atoms with Gasteiger partial charge in [0.25, 0.3) is 0 Å². The fraction of sp³-hybridized carbons (Fsp3) is 0.722. The summed E-state index contributed by atoms with van der Waals surface area (Å²) >= 11 is 12.7. The molecule has 1 radical (unpaired) electrons. The van der Waals surface area contributed by atoms with E-state index in [0.29, 0.717) is 24.7 Å². The van der Waals surface area contributed by atoms with E-state index in [-0.39, 0.29) is 5.41 Å². The molecule has 0 aromatic heterocycles. The third-order valence-electron chi connectivity index (χ3n) is 4.37. The highest BCUT2D eigenvalue weighted by atomic mass is 32.1. The van der Waals surface area contributed by atoms with Gasteiger partial charge in [-0.1, -0.05) is 25.4 Å². The van der Waals surface area contributed by atoms with E-state index in [2.05, 4.69) is 65.2 Å². The normalized spacial score (nSPS) is 13.2. The number of thiol groups is 3. The first-order valence-corrected chi connectivity index (χ1v) is 10.5. The number of hydrogen-bond acceptors (Lipinski definition) is 5. The van der Waals surface area contributed by atoms with Crippen molar-refractivity contribution in [3.05, 3.63) is 24.2 Å². The van der Waals surface area contributed by atoms with Crippen molar-refractivity contribution < 1.29 is 4.74 Å². The Balaban J connectivity index is 4.81. The summed E-state index contributed by atoms with van der Waals surface area (Å²) in [6, 6.07) is 0. The van der Waals surface area contributed by atoms with Crippen molar-refractivity contribution in [3.8, 4) is 0 Å². The van der Waals surface area contributed by atoms with Gasteiger partial charge in [0.2, 0.25) is 0 Å². The monoisotopic (exact) mass is 386 g/mol. The van der Waals surface area contributed by atoms with E-state index in [9.17, 15) is 0 Å². The maximum atomic E-state index is 7.87. The van der Waals surface area contributed by atoms with E-state index in [0.717, 1.165) is 55.4 Å². The molecule has 1 atom stereocenters. The molecule has 1 unspecified atom stereocenters. The highest BCUT2D eigenvalue weighted by molar-refractivity contribution is 7.80. The quantitative estimate of drug-likeness (QED) is 0.0994. The summed E-state index contributed by atoms with van der Waals surface area (Å²) in [4.78, 5) is 0. The molecule has 0 spiro atoms. The highest BCUT2D eigenvalue weighted by Crippen LogP contribution is 2.35. The van der Waals surface area contributed by atoms with Crippen LogP contribution in [0, 0.1) is 10.8 Å². The molecule has 2 nitrogen and oxygen atoms in total. The zero-order valence-electron chi connectivity index (χ0n) is 15.0. The Morgan fingerprint density at radius 1 is 1.04 bits per heavy atom. The van der Waals surface area contributed by atoms with Crippen LogP contribution in [0.2, 0.25) is 6.32 Å². The minimum atomic E-state index is 0.0158. The maximum Gasteiger partial charge on any atom is 0.181 e. The Morgan fingerprint density at radius 3 is 2.21 bits per heavy atom. The Hall–Kier alpha value is 0.0649. The van der Waals surface area contributed by atoms with E-state index >= 15 is 0 Å². The zero-order valence-corrected chi connectivity index (χ0v) is 17.7. The molecule has 24 heavy (non-hydrogen) atoms. The maximum absolute atomic E-state index is 7.87. The van der Waals surface area contributed by atoms with Crippen molar-refractivity contribution in [3.63, 3.8) is 0 Å². The average Bonchev–Trinajstić information content (AvgIpc) is 2.55. The van der Waals surface area contributed by atoms with E-state index < -0.39 is 0 Å². The molecule has 137 valence electrons. The molecular weight excluding hydrogens is 353 g/mol. The topological polar surface area (TPSA) is 33.1 Å². The van der Waals surface area contributed by atoms with Gasteiger partial charge in [0, 0.05) is 6.42 Å². The van der Waals surface area contributed by atoms with Crippen LogP contribution in [0.1, 0.15) is 45.4 Å².